The average Bonchev–Trinajstić information content (AvgIpc) is 3.72. The molecular formula is C64H87N7O9S2. The first-order valence-electron chi connectivity index (χ1n) is 28.9. The molecule has 5 aliphatic rings. The maximum atomic E-state index is 15.5. The van der Waals surface area contributed by atoms with Crippen LogP contribution in [0.4, 0.5) is 0 Å². The third-order valence-electron chi connectivity index (χ3n) is 18.6. The van der Waals surface area contributed by atoms with Crippen LogP contribution in [0.5, 0.6) is 5.75 Å². The topological polar surface area (TPSA) is 302 Å². The van der Waals surface area contributed by atoms with Gasteiger partial charge in [0.05, 0.1) is 30.5 Å². The number of benzene rings is 3. The number of amides is 1. The van der Waals surface area contributed by atoms with Gasteiger partial charge in [-0.15, -0.1) is 0 Å². The summed E-state index contributed by atoms with van der Waals surface area (Å²) in [5, 5.41) is 93.7. The van der Waals surface area contributed by atoms with Crippen molar-refractivity contribution in [3.63, 3.8) is 0 Å². The lowest BCUT2D eigenvalue weighted by Gasteiger charge is -2.56. The fourth-order valence-corrected chi connectivity index (χ4v) is 16.6. The van der Waals surface area contributed by atoms with Gasteiger partial charge in [-0.3, -0.25) is 25.2 Å². The second-order valence-corrected chi connectivity index (χ2v) is 26.4. The molecule has 82 heavy (non-hydrogen) atoms. The summed E-state index contributed by atoms with van der Waals surface area (Å²) in [7, 11) is 3.24. The van der Waals surface area contributed by atoms with Gasteiger partial charge in [-0.05, 0) is 159 Å². The van der Waals surface area contributed by atoms with E-state index in [2.05, 4.69) is 33.6 Å². The number of phenolic OH excluding ortho intramolecular Hbond substituents is 1. The molecule has 0 saturated heterocycles. The first-order chi connectivity index (χ1) is 39.0. The van der Waals surface area contributed by atoms with E-state index in [-0.39, 0.29) is 68.8 Å². The number of aliphatic hydroxyl groups is 6. The summed E-state index contributed by atoms with van der Waals surface area (Å²) in [5.74, 6) is -2.31. The van der Waals surface area contributed by atoms with Gasteiger partial charge in [-0.1, -0.05) is 119 Å². The number of nitrogens with two attached hydrogens (primary N) is 3. The largest absolute Gasteiger partial charge is 0.508 e. The van der Waals surface area contributed by atoms with Crippen LogP contribution in [0.25, 0.3) is 0 Å². The summed E-state index contributed by atoms with van der Waals surface area (Å²) in [6.45, 7) is 13.8. The minimum absolute atomic E-state index is 0.0661. The van der Waals surface area contributed by atoms with Crippen LogP contribution in [0.1, 0.15) is 143 Å². The summed E-state index contributed by atoms with van der Waals surface area (Å²) in [6, 6.07) is 17.7. The molecule has 16 nitrogen and oxygen atoms in total. The van der Waals surface area contributed by atoms with Crippen LogP contribution < -0.4 is 33.2 Å². The number of phenols is 1. The summed E-state index contributed by atoms with van der Waals surface area (Å²) in [4.78, 5) is 34.5. The van der Waals surface area contributed by atoms with E-state index in [0.717, 1.165) is 33.4 Å². The van der Waals surface area contributed by atoms with E-state index in [1.54, 1.807) is 71.0 Å². The Morgan fingerprint density at radius 3 is 2.50 bits per heavy atom. The Balaban J connectivity index is 1.26. The van der Waals surface area contributed by atoms with Crippen molar-refractivity contribution in [1.29, 1.82) is 0 Å². The fourth-order valence-electron chi connectivity index (χ4n) is 14.2. The minimum atomic E-state index is -1.43. The van der Waals surface area contributed by atoms with Gasteiger partial charge in [-0.2, -0.15) is 0 Å². The zero-order valence-corrected chi connectivity index (χ0v) is 49.7. The van der Waals surface area contributed by atoms with E-state index in [9.17, 15) is 40.5 Å². The summed E-state index contributed by atoms with van der Waals surface area (Å²) < 4.78 is 0. The Labute approximate surface area is 491 Å². The number of aliphatic imine (C=N–C) groups is 1. The summed E-state index contributed by atoms with van der Waals surface area (Å²) in [6.07, 6.45) is 5.52. The Hall–Kier alpha value is -5.09. The predicted octanol–water partition coefficient (Wildman–Crippen LogP) is 6.55. The van der Waals surface area contributed by atoms with Crippen LogP contribution in [0, 0.1) is 23.2 Å². The molecule has 3 heterocycles. The molecule has 0 unspecified atom stereocenters. The number of carbonyl (C=O) groups is 2. The number of β-amino-alcohol motifs (C(OH)–C–C–N with tert-alkyl or cyclic N) is 1. The van der Waals surface area contributed by atoms with Gasteiger partial charge in [0.25, 0.3) is 0 Å². The first kappa shape index (κ1) is 62.9. The molecule has 2 saturated carbocycles. The molecule has 18 heteroatoms. The highest BCUT2D eigenvalue weighted by atomic mass is 33.1. The molecule has 3 aliphatic heterocycles. The molecular weight excluding hydrogens is 1070 g/mol. The predicted molar refractivity (Wildman–Crippen MR) is 327 cm³/mol. The quantitative estimate of drug-likeness (QED) is 0.0216. The van der Waals surface area contributed by atoms with Crippen molar-refractivity contribution in [2.45, 2.75) is 152 Å². The Kier molecular flexibility index (Phi) is 20.6. The van der Waals surface area contributed by atoms with Gasteiger partial charge in [0, 0.05) is 60.6 Å². The normalized spacial score (nSPS) is 31.2. The zero-order chi connectivity index (χ0) is 59.3. The van der Waals surface area contributed by atoms with Crippen molar-refractivity contribution >= 4 is 39.2 Å². The number of likely N-dealkylation sites (N-methyl/N-ethyl adjacent to an activating group) is 1. The van der Waals surface area contributed by atoms with E-state index < -0.39 is 76.8 Å². The third kappa shape index (κ3) is 13.4. The number of hydrogen-bond acceptors (Lipinski definition) is 15. The molecule has 8 rings (SSSR count). The van der Waals surface area contributed by atoms with Gasteiger partial charge < -0.3 is 58.3 Å². The summed E-state index contributed by atoms with van der Waals surface area (Å²) >= 11 is 0. The number of nitrogens with zero attached hydrogens (tertiary/aromatic N) is 1. The highest BCUT2D eigenvalue weighted by Gasteiger charge is 2.64. The van der Waals surface area contributed by atoms with Crippen LogP contribution >= 0.6 is 21.6 Å². The number of fused-ring (bicyclic) bond motifs is 9. The van der Waals surface area contributed by atoms with Gasteiger partial charge in [0.1, 0.15) is 23.7 Å². The van der Waals surface area contributed by atoms with Crippen molar-refractivity contribution in [2.75, 3.05) is 32.0 Å². The number of rotatable bonds is 13. The number of ketones is 1. The van der Waals surface area contributed by atoms with Crippen molar-refractivity contribution in [1.82, 2.24) is 16.0 Å². The number of aromatic hydroxyl groups is 1. The van der Waals surface area contributed by atoms with Gasteiger partial charge in [0.2, 0.25) is 5.91 Å². The molecule has 0 aromatic heterocycles. The molecule has 0 radical (unpaired) electrons. The molecule has 6 bridgehead atoms. The molecule has 3 aromatic rings. The van der Waals surface area contributed by atoms with Crippen molar-refractivity contribution in [2.24, 2.45) is 45.4 Å². The Morgan fingerprint density at radius 1 is 1.04 bits per heavy atom. The van der Waals surface area contributed by atoms with E-state index in [4.69, 9.17) is 17.2 Å². The number of allylic oxidation sites excluding steroid dienone is 5. The fraction of sp³-hybridized carbons (Fsp3) is 0.516. The molecule has 1 amide bonds. The number of hydrogen-bond donors (Lipinski definition) is 13. The summed E-state index contributed by atoms with van der Waals surface area (Å²) in [5.41, 5.74) is 23.3. The maximum absolute atomic E-state index is 15.5. The second-order valence-electron chi connectivity index (χ2n) is 23.8. The monoisotopic (exact) mass is 1160 g/mol. The molecule has 2 aliphatic carbocycles. The number of guanidine groups is 1. The molecule has 2 fully saturated rings. The number of Topliss-reactive ketones (excluding diaryl/α,β-unsaturated/α-hetero) is 1. The lowest BCUT2D eigenvalue weighted by Crippen LogP contribution is -2.59. The van der Waals surface area contributed by atoms with Crippen LogP contribution in [0.15, 0.2) is 124 Å². The highest BCUT2D eigenvalue weighted by molar-refractivity contribution is 8.76. The maximum Gasteiger partial charge on any atom is 0.243 e. The number of aliphatic hydroxyl groups excluding tert-OH is 4. The van der Waals surface area contributed by atoms with E-state index in [1.807, 2.05) is 64.1 Å². The molecule has 1 spiro atoms. The first-order valence-corrected chi connectivity index (χ1v) is 31.4. The van der Waals surface area contributed by atoms with Crippen molar-refractivity contribution in [3.8, 4) is 5.75 Å². The van der Waals surface area contributed by atoms with Crippen molar-refractivity contribution < 1.29 is 45.3 Å². The van der Waals surface area contributed by atoms with Crippen LogP contribution in [-0.4, -0.2) is 115 Å². The molecule has 13 atom stereocenters. The van der Waals surface area contributed by atoms with E-state index in [1.165, 1.54) is 0 Å². The smallest absolute Gasteiger partial charge is 0.243 e. The van der Waals surface area contributed by atoms with Crippen LogP contribution in [-0.2, 0) is 28.2 Å². The lowest BCUT2D eigenvalue weighted by atomic mass is 9.52. The van der Waals surface area contributed by atoms with Gasteiger partial charge in [-0.25, -0.2) is 0 Å². The SMILES string of the molecule is C=C(/C=C/C=C(/CO)[C@H]1CC[C@@]2([C@@H]3CC[C@@H](O)Cc4cccc(c4)[C@@H]4CSSCc5ccc6c(c5CC(=O)/C(C)=C/3CC[C@@]2(C)O)[C@H](NC[C@H](O)[C@@H]4[C@H](CN=C(N)N)c2ccc(O)cc2)C(=O)N[C@H]6N)[C@@H]1O)[C@](O)(CC=C(C)C)NCC. The highest BCUT2D eigenvalue weighted by Crippen LogP contribution is 2.63. The minimum Gasteiger partial charge on any atom is -0.508 e. The molecule has 444 valence electrons. The van der Waals surface area contributed by atoms with Crippen LogP contribution in [0.3, 0.4) is 0 Å². The second kappa shape index (κ2) is 26.9. The zero-order valence-electron chi connectivity index (χ0n) is 48.1. The van der Waals surface area contributed by atoms with Gasteiger partial charge >= 0.3 is 0 Å². The van der Waals surface area contributed by atoms with Gasteiger partial charge in [0.15, 0.2) is 11.7 Å². The standard InChI is InChI=1S/C64H87N7O9S2/c1-7-70-64(80,27-22-36(2)3)37(4)10-8-13-42(33-72)47-24-26-63(58(47)77)52-21-19-45(74)29-39-11-9-12-41(28-39)51-35-82-81-34-43-16-20-48-56(49(43)30-53(75)38(5)46(52)23-25-62(63,6)79)57(60(78)71-59(48)65)68-32-54(76)55(51)50(31-69-61(66)67)40-14-17-44(73)18-15-40/h8-18,20,22,28,45,47,50-52,54-55,57-59,68,70,72-74,76-77,79-80H,4,7,19,21,23-27,29-35,65H2,1-3,5-6H3,(H,71,78)(H4,66,67,69)/b10-8+,42-13-,46-38+/t45-,47-,50-,51+,52-,54+,55-,57+,58-,59-,62-,63-,64-/m1/s1. The Morgan fingerprint density at radius 2 is 1.79 bits per heavy atom. The average molecular weight is 1160 g/mol. The number of carbonyl (C=O) groups excluding carboxylic acids is 2. The Bertz CT molecular complexity index is 2970. The molecule has 16 N–H and O–H groups in total. The lowest BCUT2D eigenvalue weighted by molar-refractivity contribution is -0.168. The van der Waals surface area contributed by atoms with Crippen molar-refractivity contribution in [3.05, 3.63) is 158 Å². The third-order valence-corrected chi connectivity index (χ3v) is 20.9. The number of nitrogens with one attached hydrogen (secondary N) is 3. The van der Waals surface area contributed by atoms with E-state index in [0.29, 0.717) is 83.6 Å². The van der Waals surface area contributed by atoms with E-state index >= 15 is 4.79 Å². The van der Waals surface area contributed by atoms with Crippen LogP contribution in [0.2, 0.25) is 0 Å². The molecule has 3 aromatic carbocycles.